The summed E-state index contributed by atoms with van der Waals surface area (Å²) < 4.78 is 6.49. The van der Waals surface area contributed by atoms with Crippen molar-refractivity contribution in [3.8, 4) is 0 Å². The van der Waals surface area contributed by atoms with Crippen LogP contribution in [0.1, 0.15) is 36.0 Å². The number of aromatic amines is 1. The van der Waals surface area contributed by atoms with Crippen LogP contribution >= 0.6 is 0 Å². The highest BCUT2D eigenvalue weighted by atomic mass is 16.5. The van der Waals surface area contributed by atoms with E-state index in [1.54, 1.807) is 0 Å². The number of piperidine rings is 1. The van der Waals surface area contributed by atoms with Gasteiger partial charge in [0.2, 0.25) is 5.91 Å². The number of amides is 2. The second kappa shape index (κ2) is 7.22. The maximum Gasteiger partial charge on any atom is 0.328 e. The molecule has 0 aromatic carbocycles. The molecule has 3 N–H and O–H groups in total. The van der Waals surface area contributed by atoms with Gasteiger partial charge >= 0.3 is 5.69 Å². The van der Waals surface area contributed by atoms with Gasteiger partial charge in [-0.25, -0.2) is 4.79 Å². The van der Waals surface area contributed by atoms with E-state index in [0.29, 0.717) is 32.5 Å². The normalized spacial score (nSPS) is 21.4. The Balaban J connectivity index is 1.78. The fraction of sp³-hybridized carbons (Fsp3) is 0.625. The van der Waals surface area contributed by atoms with Crippen molar-refractivity contribution in [2.45, 2.75) is 38.3 Å². The number of nitrogens with zero attached hydrogens (tertiary/aromatic N) is 2. The molecule has 0 bridgehead atoms. The Hall–Kier alpha value is -2.42. The molecule has 2 saturated heterocycles. The molecule has 2 aliphatic heterocycles. The van der Waals surface area contributed by atoms with E-state index in [0.717, 1.165) is 17.4 Å². The van der Waals surface area contributed by atoms with Gasteiger partial charge in [0.15, 0.2) is 0 Å². The summed E-state index contributed by atoms with van der Waals surface area (Å²) in [5.74, 6) is -1.05. The zero-order chi connectivity index (χ0) is 18.0. The Labute approximate surface area is 143 Å². The number of ether oxygens (including phenoxy) is 1. The summed E-state index contributed by atoms with van der Waals surface area (Å²) in [7, 11) is 0. The summed E-state index contributed by atoms with van der Waals surface area (Å²) in [5.41, 5.74) is 4.06. The number of hydrogen-bond donors (Lipinski definition) is 2. The van der Waals surface area contributed by atoms with E-state index < -0.39 is 17.2 Å². The Morgan fingerprint density at radius 3 is 2.56 bits per heavy atom. The maximum absolute atomic E-state index is 12.6. The molecule has 9 heteroatoms. The first-order valence-corrected chi connectivity index (χ1v) is 8.50. The lowest BCUT2D eigenvalue weighted by Crippen LogP contribution is -2.46. The third-order valence-corrected chi connectivity index (χ3v) is 4.89. The fourth-order valence-electron chi connectivity index (χ4n) is 3.36. The predicted octanol–water partition coefficient (Wildman–Crippen LogP) is -0.947. The maximum atomic E-state index is 12.6. The highest BCUT2D eigenvalue weighted by molar-refractivity contribution is 5.93. The molecule has 2 amide bonds. The van der Waals surface area contributed by atoms with Gasteiger partial charge < -0.3 is 20.4 Å². The van der Waals surface area contributed by atoms with Crippen molar-refractivity contribution in [2.75, 3.05) is 19.7 Å². The summed E-state index contributed by atoms with van der Waals surface area (Å²) in [5, 5.41) is 0. The zero-order valence-corrected chi connectivity index (χ0v) is 13.9. The van der Waals surface area contributed by atoms with Crippen LogP contribution in [0.3, 0.4) is 0 Å². The van der Waals surface area contributed by atoms with Crippen LogP contribution in [0, 0.1) is 5.92 Å². The van der Waals surface area contributed by atoms with Crippen molar-refractivity contribution >= 4 is 11.8 Å². The smallest absolute Gasteiger partial charge is 0.328 e. The standard InChI is InChI=1S/C16H22N4O5/c17-13(21)10-3-5-19(6-4-10)14(22)12-8-18-16(24)20(15(12)23)9-11-2-1-7-25-11/h8,10-11H,1-7,9H2,(H2,17,21)(H,18,24). The number of primary amides is 1. The predicted molar refractivity (Wildman–Crippen MR) is 88.1 cm³/mol. The van der Waals surface area contributed by atoms with Crippen molar-refractivity contribution in [1.29, 1.82) is 0 Å². The van der Waals surface area contributed by atoms with Crippen LogP contribution in [0.25, 0.3) is 0 Å². The molecule has 0 saturated carbocycles. The van der Waals surface area contributed by atoms with E-state index in [2.05, 4.69) is 4.98 Å². The Bertz CT molecular complexity index is 769. The molecule has 1 unspecified atom stereocenters. The highest BCUT2D eigenvalue weighted by Crippen LogP contribution is 2.18. The second-order valence-electron chi connectivity index (χ2n) is 6.53. The van der Waals surface area contributed by atoms with Crippen LogP contribution in [0.4, 0.5) is 0 Å². The van der Waals surface area contributed by atoms with Gasteiger partial charge in [0.1, 0.15) is 5.56 Å². The van der Waals surface area contributed by atoms with Crippen molar-refractivity contribution < 1.29 is 14.3 Å². The Morgan fingerprint density at radius 1 is 1.24 bits per heavy atom. The van der Waals surface area contributed by atoms with Gasteiger partial charge in [-0.3, -0.25) is 19.0 Å². The van der Waals surface area contributed by atoms with Crippen molar-refractivity contribution in [3.05, 3.63) is 32.6 Å². The van der Waals surface area contributed by atoms with Gasteiger partial charge in [-0.1, -0.05) is 0 Å². The van der Waals surface area contributed by atoms with E-state index in [1.165, 1.54) is 11.1 Å². The quantitative estimate of drug-likeness (QED) is 0.724. The lowest BCUT2D eigenvalue weighted by Gasteiger charge is -2.30. The number of H-pyrrole nitrogens is 1. The molecule has 1 atom stereocenters. The van der Waals surface area contributed by atoms with Crippen LogP contribution < -0.4 is 17.0 Å². The molecule has 2 aliphatic rings. The van der Waals surface area contributed by atoms with Gasteiger partial charge in [0.05, 0.1) is 12.6 Å². The molecule has 0 aliphatic carbocycles. The van der Waals surface area contributed by atoms with Crippen LogP contribution in [0.2, 0.25) is 0 Å². The Morgan fingerprint density at radius 2 is 1.96 bits per heavy atom. The van der Waals surface area contributed by atoms with E-state index in [1.807, 2.05) is 0 Å². The van der Waals surface area contributed by atoms with E-state index in [4.69, 9.17) is 10.5 Å². The number of nitrogens with one attached hydrogen (secondary N) is 1. The van der Waals surface area contributed by atoms with Crippen molar-refractivity contribution in [2.24, 2.45) is 11.7 Å². The molecule has 0 spiro atoms. The third-order valence-electron chi connectivity index (χ3n) is 4.89. The van der Waals surface area contributed by atoms with Crippen LogP contribution in [0.5, 0.6) is 0 Å². The summed E-state index contributed by atoms with van der Waals surface area (Å²) in [6.45, 7) is 1.47. The molecule has 1 aromatic rings. The summed E-state index contributed by atoms with van der Waals surface area (Å²) in [6.07, 6.45) is 3.62. The minimum Gasteiger partial charge on any atom is -0.376 e. The molecule has 9 nitrogen and oxygen atoms in total. The van der Waals surface area contributed by atoms with Gasteiger partial charge in [-0.2, -0.15) is 0 Å². The van der Waals surface area contributed by atoms with Gasteiger partial charge in [0, 0.05) is 31.8 Å². The van der Waals surface area contributed by atoms with Crippen molar-refractivity contribution in [3.63, 3.8) is 0 Å². The van der Waals surface area contributed by atoms with E-state index in [-0.39, 0.29) is 30.0 Å². The van der Waals surface area contributed by atoms with Crippen LogP contribution in [-0.2, 0) is 16.1 Å². The van der Waals surface area contributed by atoms with Crippen molar-refractivity contribution in [1.82, 2.24) is 14.5 Å². The average molecular weight is 350 g/mol. The molecule has 0 radical (unpaired) electrons. The second-order valence-corrected chi connectivity index (χ2v) is 6.53. The summed E-state index contributed by atoms with van der Waals surface area (Å²) in [4.78, 5) is 52.4. The topological polar surface area (TPSA) is 127 Å². The van der Waals surface area contributed by atoms with Gasteiger partial charge in [-0.05, 0) is 25.7 Å². The Kier molecular flexibility index (Phi) is 5.03. The summed E-state index contributed by atoms with van der Waals surface area (Å²) in [6, 6.07) is 0. The third kappa shape index (κ3) is 3.65. The van der Waals surface area contributed by atoms with Crippen LogP contribution in [-0.4, -0.2) is 52.1 Å². The number of carbonyl (C=O) groups is 2. The first-order chi connectivity index (χ1) is 12.0. The molecule has 136 valence electrons. The average Bonchev–Trinajstić information content (AvgIpc) is 3.11. The first kappa shape index (κ1) is 17.4. The van der Waals surface area contributed by atoms with Gasteiger partial charge in [-0.15, -0.1) is 0 Å². The molecule has 3 heterocycles. The fourth-order valence-corrected chi connectivity index (χ4v) is 3.36. The number of nitrogens with two attached hydrogens (primary N) is 1. The number of aromatic nitrogens is 2. The zero-order valence-electron chi connectivity index (χ0n) is 13.9. The largest absolute Gasteiger partial charge is 0.376 e. The first-order valence-electron chi connectivity index (χ1n) is 8.50. The van der Waals surface area contributed by atoms with Crippen LogP contribution in [0.15, 0.2) is 15.8 Å². The number of carbonyl (C=O) groups excluding carboxylic acids is 2. The molecule has 3 rings (SSSR count). The number of rotatable bonds is 4. The number of hydrogen-bond acceptors (Lipinski definition) is 5. The molecule has 1 aromatic heterocycles. The molecular weight excluding hydrogens is 328 g/mol. The highest BCUT2D eigenvalue weighted by Gasteiger charge is 2.28. The molecular formula is C16H22N4O5. The lowest BCUT2D eigenvalue weighted by atomic mass is 9.96. The lowest BCUT2D eigenvalue weighted by molar-refractivity contribution is -0.123. The minimum absolute atomic E-state index is 0.0740. The molecule has 2 fully saturated rings. The van der Waals surface area contributed by atoms with Gasteiger partial charge in [0.25, 0.3) is 11.5 Å². The molecule has 25 heavy (non-hydrogen) atoms. The summed E-state index contributed by atoms with van der Waals surface area (Å²) >= 11 is 0. The van der Waals surface area contributed by atoms with E-state index in [9.17, 15) is 19.2 Å². The SMILES string of the molecule is NC(=O)C1CCN(C(=O)c2c[nH]c(=O)n(CC3CCCO3)c2=O)CC1. The van der Waals surface area contributed by atoms with E-state index >= 15 is 0 Å². The monoisotopic (exact) mass is 350 g/mol. The number of likely N-dealkylation sites (tertiary alicyclic amines) is 1. The minimum atomic E-state index is -0.610.